The third kappa shape index (κ3) is 6.74. The van der Waals surface area contributed by atoms with Gasteiger partial charge in [0.2, 0.25) is 0 Å². The zero-order valence-corrected chi connectivity index (χ0v) is 12.8. The zero-order chi connectivity index (χ0) is 15.5. The van der Waals surface area contributed by atoms with E-state index in [0.29, 0.717) is 25.0 Å². The van der Waals surface area contributed by atoms with Crippen molar-refractivity contribution in [3.63, 3.8) is 0 Å². The Hall–Kier alpha value is -1.39. The average Bonchev–Trinajstić information content (AvgIpc) is 2.47. The van der Waals surface area contributed by atoms with Gasteiger partial charge in [-0.1, -0.05) is 32.3 Å². The Kier molecular flexibility index (Phi) is 8.71. The third-order valence-electron chi connectivity index (χ3n) is 3.32. The first-order chi connectivity index (χ1) is 10.2. The molecule has 0 aromatic heterocycles. The van der Waals surface area contributed by atoms with E-state index in [1.165, 1.54) is 0 Å². The first kappa shape index (κ1) is 17.7. The molecule has 0 radical (unpaired) electrons. The van der Waals surface area contributed by atoms with Crippen LogP contribution in [0.15, 0.2) is 18.2 Å². The molecule has 0 unspecified atom stereocenters. The van der Waals surface area contributed by atoms with Crippen LogP contribution in [-0.2, 0) is 17.6 Å². The number of carbonyl (C=O) groups is 1. The molecule has 0 aliphatic heterocycles. The molecule has 0 atom stereocenters. The molecular formula is C17H26O4. The molecule has 1 aromatic carbocycles. The minimum atomic E-state index is -0.328. The van der Waals surface area contributed by atoms with E-state index in [-0.39, 0.29) is 19.2 Å². The molecule has 1 aromatic rings. The summed E-state index contributed by atoms with van der Waals surface area (Å²) in [5.41, 5.74) is 2.28. The lowest BCUT2D eigenvalue weighted by Crippen LogP contribution is -2.08. The molecule has 4 nitrogen and oxygen atoms in total. The molecule has 4 heteroatoms. The van der Waals surface area contributed by atoms with Gasteiger partial charge in [0.05, 0.1) is 12.2 Å². The van der Waals surface area contributed by atoms with Crippen LogP contribution in [0.4, 0.5) is 0 Å². The van der Waals surface area contributed by atoms with E-state index in [1.807, 2.05) is 6.07 Å². The van der Waals surface area contributed by atoms with Gasteiger partial charge in [0, 0.05) is 13.2 Å². The topological polar surface area (TPSA) is 66.8 Å². The Morgan fingerprint density at radius 3 is 2.14 bits per heavy atom. The van der Waals surface area contributed by atoms with Gasteiger partial charge >= 0.3 is 5.97 Å². The van der Waals surface area contributed by atoms with Gasteiger partial charge in [0.15, 0.2) is 0 Å². The molecule has 1 rings (SSSR count). The Balaban J connectivity index is 2.64. The quantitative estimate of drug-likeness (QED) is 0.514. The maximum absolute atomic E-state index is 12.0. The largest absolute Gasteiger partial charge is 0.462 e. The second kappa shape index (κ2) is 10.4. The summed E-state index contributed by atoms with van der Waals surface area (Å²) < 4.78 is 5.28. The molecular weight excluding hydrogens is 268 g/mol. The lowest BCUT2D eigenvalue weighted by Gasteiger charge is -2.09. The van der Waals surface area contributed by atoms with Crippen molar-refractivity contribution in [2.75, 3.05) is 19.8 Å². The van der Waals surface area contributed by atoms with Gasteiger partial charge in [0.1, 0.15) is 0 Å². The summed E-state index contributed by atoms with van der Waals surface area (Å²) in [6.07, 6.45) is 5.27. The van der Waals surface area contributed by atoms with Crippen LogP contribution in [-0.4, -0.2) is 36.0 Å². The lowest BCUT2D eigenvalue weighted by atomic mass is 10.0. The van der Waals surface area contributed by atoms with E-state index in [1.54, 1.807) is 12.1 Å². The van der Waals surface area contributed by atoms with Crippen LogP contribution in [0, 0.1) is 0 Å². The van der Waals surface area contributed by atoms with Crippen molar-refractivity contribution in [1.82, 2.24) is 0 Å². The molecule has 0 amide bonds. The number of unbranched alkanes of at least 4 members (excludes halogenated alkanes) is 3. The third-order valence-corrected chi connectivity index (χ3v) is 3.32. The minimum Gasteiger partial charge on any atom is -0.462 e. The summed E-state index contributed by atoms with van der Waals surface area (Å²) >= 11 is 0. The van der Waals surface area contributed by atoms with Crippen molar-refractivity contribution in [2.45, 2.75) is 45.4 Å². The van der Waals surface area contributed by atoms with E-state index >= 15 is 0 Å². The standard InChI is InChI=1S/C17H26O4/c1-2-3-4-5-10-21-17(20)16-12-14(6-8-18)11-15(13-16)7-9-19/h11-13,18-19H,2-10H2,1H3. The van der Waals surface area contributed by atoms with E-state index in [2.05, 4.69) is 6.92 Å². The zero-order valence-electron chi connectivity index (χ0n) is 12.8. The second-order valence-electron chi connectivity index (χ2n) is 5.18. The minimum absolute atomic E-state index is 0.0358. The van der Waals surface area contributed by atoms with Gasteiger partial charge in [0.25, 0.3) is 0 Å². The van der Waals surface area contributed by atoms with Crippen molar-refractivity contribution in [3.8, 4) is 0 Å². The van der Waals surface area contributed by atoms with Gasteiger partial charge in [-0.3, -0.25) is 0 Å². The molecule has 2 N–H and O–H groups in total. The van der Waals surface area contributed by atoms with Crippen LogP contribution >= 0.6 is 0 Å². The van der Waals surface area contributed by atoms with Crippen LogP contribution in [0.25, 0.3) is 0 Å². The summed E-state index contributed by atoms with van der Waals surface area (Å²) in [6.45, 7) is 2.65. The van der Waals surface area contributed by atoms with Gasteiger partial charge < -0.3 is 14.9 Å². The lowest BCUT2D eigenvalue weighted by molar-refractivity contribution is 0.0497. The number of carbonyl (C=O) groups excluding carboxylic acids is 1. The maximum Gasteiger partial charge on any atom is 0.338 e. The highest BCUT2D eigenvalue weighted by Crippen LogP contribution is 2.13. The molecule has 0 aliphatic rings. The van der Waals surface area contributed by atoms with Gasteiger partial charge in [-0.2, -0.15) is 0 Å². The first-order valence-corrected chi connectivity index (χ1v) is 7.73. The van der Waals surface area contributed by atoms with Gasteiger partial charge in [-0.15, -0.1) is 0 Å². The van der Waals surface area contributed by atoms with Crippen molar-refractivity contribution >= 4 is 5.97 Å². The highest BCUT2D eigenvalue weighted by Gasteiger charge is 2.10. The summed E-state index contributed by atoms with van der Waals surface area (Å²) in [7, 11) is 0. The predicted molar refractivity (Wildman–Crippen MR) is 82.4 cm³/mol. The smallest absolute Gasteiger partial charge is 0.338 e. The predicted octanol–water partition coefficient (Wildman–Crippen LogP) is 2.49. The van der Waals surface area contributed by atoms with Crippen molar-refractivity contribution in [3.05, 3.63) is 34.9 Å². The molecule has 21 heavy (non-hydrogen) atoms. The summed E-state index contributed by atoms with van der Waals surface area (Å²) in [6, 6.07) is 5.42. The van der Waals surface area contributed by atoms with Crippen LogP contribution in [0.3, 0.4) is 0 Å². The maximum atomic E-state index is 12.0. The molecule has 0 heterocycles. The second-order valence-corrected chi connectivity index (χ2v) is 5.18. The number of esters is 1. The number of ether oxygens (including phenoxy) is 1. The molecule has 0 spiro atoms. The van der Waals surface area contributed by atoms with Crippen LogP contribution in [0.5, 0.6) is 0 Å². The molecule has 0 aliphatic carbocycles. The van der Waals surface area contributed by atoms with Crippen LogP contribution in [0.2, 0.25) is 0 Å². The van der Waals surface area contributed by atoms with E-state index in [9.17, 15) is 4.79 Å². The van der Waals surface area contributed by atoms with Crippen LogP contribution < -0.4 is 0 Å². The van der Waals surface area contributed by atoms with E-state index < -0.39 is 0 Å². The molecule has 118 valence electrons. The summed E-state index contributed by atoms with van der Waals surface area (Å²) in [5.74, 6) is -0.328. The van der Waals surface area contributed by atoms with E-state index in [4.69, 9.17) is 14.9 Å². The number of aliphatic hydroxyl groups is 2. The number of rotatable bonds is 10. The number of hydrogen-bond acceptors (Lipinski definition) is 4. The first-order valence-electron chi connectivity index (χ1n) is 7.73. The summed E-state index contributed by atoms with van der Waals surface area (Å²) in [5, 5.41) is 18.1. The molecule has 0 fully saturated rings. The van der Waals surface area contributed by atoms with Crippen molar-refractivity contribution in [2.24, 2.45) is 0 Å². The van der Waals surface area contributed by atoms with Gasteiger partial charge in [-0.25, -0.2) is 4.79 Å². The fourth-order valence-corrected chi connectivity index (χ4v) is 2.20. The van der Waals surface area contributed by atoms with E-state index in [0.717, 1.165) is 36.8 Å². The fraction of sp³-hybridized carbons (Fsp3) is 0.588. The fourth-order valence-electron chi connectivity index (χ4n) is 2.20. The number of hydrogen-bond donors (Lipinski definition) is 2. The molecule has 0 saturated carbocycles. The highest BCUT2D eigenvalue weighted by atomic mass is 16.5. The number of benzene rings is 1. The van der Waals surface area contributed by atoms with Crippen LogP contribution in [0.1, 0.15) is 54.1 Å². The average molecular weight is 294 g/mol. The Morgan fingerprint density at radius 1 is 1.00 bits per heavy atom. The Labute approximate surface area is 126 Å². The normalized spacial score (nSPS) is 10.6. The van der Waals surface area contributed by atoms with Gasteiger partial charge in [-0.05, 0) is 42.5 Å². The van der Waals surface area contributed by atoms with Crippen molar-refractivity contribution in [1.29, 1.82) is 0 Å². The number of aliphatic hydroxyl groups excluding tert-OH is 2. The Morgan fingerprint density at radius 2 is 1.62 bits per heavy atom. The SMILES string of the molecule is CCCCCCOC(=O)c1cc(CCO)cc(CCO)c1. The Bertz CT molecular complexity index is 405. The monoisotopic (exact) mass is 294 g/mol. The molecule has 0 saturated heterocycles. The summed E-state index contributed by atoms with van der Waals surface area (Å²) in [4.78, 5) is 12.0. The van der Waals surface area contributed by atoms with Crippen molar-refractivity contribution < 1.29 is 19.7 Å². The molecule has 0 bridgehead atoms. The highest BCUT2D eigenvalue weighted by molar-refractivity contribution is 5.89.